The van der Waals surface area contributed by atoms with Gasteiger partial charge in [-0.3, -0.25) is 14.5 Å². The highest BCUT2D eigenvalue weighted by Crippen LogP contribution is 2.25. The lowest BCUT2D eigenvalue weighted by molar-refractivity contribution is -0.134. The molecular formula is C19H25ClFN3O3. The summed E-state index contributed by atoms with van der Waals surface area (Å²) >= 11 is 5.99. The number of benzene rings is 1. The molecule has 2 aliphatic heterocycles. The van der Waals surface area contributed by atoms with Gasteiger partial charge in [-0.1, -0.05) is 17.7 Å². The van der Waals surface area contributed by atoms with E-state index in [4.69, 9.17) is 16.3 Å². The van der Waals surface area contributed by atoms with Gasteiger partial charge in [-0.25, -0.2) is 4.39 Å². The van der Waals surface area contributed by atoms with Crippen LogP contribution in [0.25, 0.3) is 0 Å². The van der Waals surface area contributed by atoms with Crippen LogP contribution in [0.5, 0.6) is 0 Å². The average Bonchev–Trinajstić information content (AvgIpc) is 2.98. The topological polar surface area (TPSA) is 61.9 Å². The third-order valence-electron chi connectivity index (χ3n) is 5.12. The van der Waals surface area contributed by atoms with E-state index in [1.165, 1.54) is 18.2 Å². The van der Waals surface area contributed by atoms with Crippen molar-refractivity contribution in [2.45, 2.75) is 37.5 Å². The van der Waals surface area contributed by atoms with Crippen molar-refractivity contribution in [2.24, 2.45) is 0 Å². The molecule has 8 heteroatoms. The van der Waals surface area contributed by atoms with E-state index in [1.807, 2.05) is 0 Å². The highest BCUT2D eigenvalue weighted by molar-refractivity contribution is 6.31. The third-order valence-corrected chi connectivity index (χ3v) is 5.47. The fraction of sp³-hybridized carbons (Fsp3) is 0.579. The second kappa shape index (κ2) is 8.54. The Hall–Kier alpha value is -1.70. The fourth-order valence-corrected chi connectivity index (χ4v) is 3.90. The standard InChI is InChI=1S/C19H25ClFN3O3/c1-23(2)19(26)8-16-10-24-9-14(7-15(24)11-27-16)22-18(25)5-12-3-4-13(21)6-17(12)20/h3-4,6,14-16H,5,7-11H2,1-2H3,(H,22,25)/t14-,15-,16-/m0/s1. The average molecular weight is 398 g/mol. The Bertz CT molecular complexity index is 715. The van der Waals surface area contributed by atoms with Crippen molar-refractivity contribution in [1.82, 2.24) is 15.1 Å². The molecule has 6 nitrogen and oxygen atoms in total. The van der Waals surface area contributed by atoms with Gasteiger partial charge in [0, 0.05) is 44.3 Å². The number of ether oxygens (including phenoxy) is 1. The summed E-state index contributed by atoms with van der Waals surface area (Å²) in [4.78, 5) is 28.1. The number of nitrogens with zero attached hydrogens (tertiary/aromatic N) is 2. The summed E-state index contributed by atoms with van der Waals surface area (Å²) in [6, 6.07) is 4.35. The minimum absolute atomic E-state index is 0.0358. The minimum atomic E-state index is -0.417. The summed E-state index contributed by atoms with van der Waals surface area (Å²) in [5, 5.41) is 3.30. The van der Waals surface area contributed by atoms with Gasteiger partial charge in [0.15, 0.2) is 0 Å². The van der Waals surface area contributed by atoms with Gasteiger partial charge in [-0.15, -0.1) is 0 Å². The van der Waals surface area contributed by atoms with Crippen molar-refractivity contribution in [3.8, 4) is 0 Å². The third kappa shape index (κ3) is 5.18. The predicted octanol–water partition coefficient (Wildman–Crippen LogP) is 1.46. The molecule has 2 fully saturated rings. The van der Waals surface area contributed by atoms with Crippen LogP contribution in [0.3, 0.4) is 0 Å². The molecule has 27 heavy (non-hydrogen) atoms. The molecule has 2 amide bonds. The molecule has 0 saturated carbocycles. The number of carbonyl (C=O) groups excluding carboxylic acids is 2. The number of morpholine rings is 1. The van der Waals surface area contributed by atoms with Crippen molar-refractivity contribution < 1.29 is 18.7 Å². The highest BCUT2D eigenvalue weighted by Gasteiger charge is 2.38. The minimum Gasteiger partial charge on any atom is -0.375 e. The van der Waals surface area contributed by atoms with Crippen molar-refractivity contribution >= 4 is 23.4 Å². The van der Waals surface area contributed by atoms with Crippen molar-refractivity contribution in [3.63, 3.8) is 0 Å². The quantitative estimate of drug-likeness (QED) is 0.817. The summed E-state index contributed by atoms with van der Waals surface area (Å²) in [6.45, 7) is 2.01. The van der Waals surface area contributed by atoms with E-state index in [9.17, 15) is 14.0 Å². The number of hydrogen-bond donors (Lipinski definition) is 1. The number of halogens is 2. The second-order valence-corrected chi connectivity index (χ2v) is 7.88. The van der Waals surface area contributed by atoms with E-state index < -0.39 is 5.82 Å². The maximum atomic E-state index is 13.1. The van der Waals surface area contributed by atoms with Crippen molar-refractivity contribution in [1.29, 1.82) is 0 Å². The molecule has 2 heterocycles. The van der Waals surface area contributed by atoms with Crippen LogP contribution < -0.4 is 5.32 Å². The van der Waals surface area contributed by atoms with Crippen LogP contribution in [0.4, 0.5) is 4.39 Å². The molecule has 3 atom stereocenters. The van der Waals surface area contributed by atoms with Crippen LogP contribution in [0, 0.1) is 5.82 Å². The van der Waals surface area contributed by atoms with Gasteiger partial charge in [-0.05, 0) is 24.1 Å². The lowest BCUT2D eigenvalue weighted by atomic mass is 10.1. The van der Waals surface area contributed by atoms with Crippen LogP contribution in [0.1, 0.15) is 18.4 Å². The Morgan fingerprint density at radius 3 is 2.85 bits per heavy atom. The zero-order valence-corrected chi connectivity index (χ0v) is 16.3. The smallest absolute Gasteiger partial charge is 0.224 e. The number of fused-ring (bicyclic) bond motifs is 1. The molecule has 0 spiro atoms. The Balaban J connectivity index is 1.49. The Labute approximate surface area is 163 Å². The first kappa shape index (κ1) is 20.0. The first-order valence-corrected chi connectivity index (χ1v) is 9.48. The Morgan fingerprint density at radius 2 is 2.15 bits per heavy atom. The zero-order chi connectivity index (χ0) is 19.6. The number of amides is 2. The number of nitrogens with one attached hydrogen (secondary N) is 1. The molecule has 0 aliphatic carbocycles. The second-order valence-electron chi connectivity index (χ2n) is 7.47. The molecule has 1 aromatic rings. The van der Waals surface area contributed by atoms with E-state index in [1.54, 1.807) is 19.0 Å². The fourth-order valence-electron chi connectivity index (χ4n) is 3.66. The summed E-state index contributed by atoms with van der Waals surface area (Å²) < 4.78 is 18.9. The number of hydrogen-bond acceptors (Lipinski definition) is 4. The van der Waals surface area contributed by atoms with Crippen molar-refractivity contribution in [3.05, 3.63) is 34.6 Å². The van der Waals surface area contributed by atoms with Gasteiger partial charge in [0.1, 0.15) is 5.82 Å². The van der Waals surface area contributed by atoms with Gasteiger partial charge in [0.2, 0.25) is 11.8 Å². The lowest BCUT2D eigenvalue weighted by Gasteiger charge is -2.35. The van der Waals surface area contributed by atoms with E-state index in [0.29, 0.717) is 25.1 Å². The maximum absolute atomic E-state index is 13.1. The van der Waals surface area contributed by atoms with E-state index in [0.717, 1.165) is 13.0 Å². The normalized spacial score (nSPS) is 25.1. The Kier molecular flexibility index (Phi) is 6.34. The molecule has 0 aromatic heterocycles. The van der Waals surface area contributed by atoms with E-state index >= 15 is 0 Å². The molecule has 1 aromatic carbocycles. The molecule has 0 bridgehead atoms. The van der Waals surface area contributed by atoms with Crippen LogP contribution in [-0.4, -0.2) is 73.6 Å². The molecule has 3 rings (SSSR count). The molecule has 0 radical (unpaired) electrons. The van der Waals surface area contributed by atoms with E-state index in [-0.39, 0.29) is 41.4 Å². The lowest BCUT2D eigenvalue weighted by Crippen LogP contribution is -2.47. The summed E-state index contributed by atoms with van der Waals surface area (Å²) in [5.41, 5.74) is 0.608. The first-order chi connectivity index (χ1) is 12.8. The summed E-state index contributed by atoms with van der Waals surface area (Å²) in [6.07, 6.45) is 1.20. The highest BCUT2D eigenvalue weighted by atomic mass is 35.5. The van der Waals surface area contributed by atoms with E-state index in [2.05, 4.69) is 10.2 Å². The molecule has 148 valence electrons. The van der Waals surface area contributed by atoms with Gasteiger partial charge in [0.25, 0.3) is 0 Å². The van der Waals surface area contributed by atoms with Crippen LogP contribution in [-0.2, 0) is 20.7 Å². The SMILES string of the molecule is CN(C)C(=O)C[C@H]1CN2C[C@@H](NC(=O)Cc3ccc(F)cc3Cl)C[C@H]2CO1. The molecule has 2 saturated heterocycles. The van der Waals surface area contributed by atoms with Gasteiger partial charge < -0.3 is 15.0 Å². The molecule has 2 aliphatic rings. The van der Waals surface area contributed by atoms with Crippen molar-refractivity contribution in [2.75, 3.05) is 33.8 Å². The molecule has 1 N–H and O–H groups in total. The molecule has 0 unspecified atom stereocenters. The van der Waals surface area contributed by atoms with Gasteiger partial charge in [0.05, 0.1) is 25.6 Å². The maximum Gasteiger partial charge on any atom is 0.224 e. The van der Waals surface area contributed by atoms with Crippen LogP contribution in [0.15, 0.2) is 18.2 Å². The molecular weight excluding hydrogens is 373 g/mol. The van der Waals surface area contributed by atoms with Gasteiger partial charge >= 0.3 is 0 Å². The largest absolute Gasteiger partial charge is 0.375 e. The number of rotatable bonds is 5. The summed E-state index contributed by atoms with van der Waals surface area (Å²) in [5.74, 6) is -0.494. The monoisotopic (exact) mass is 397 g/mol. The summed E-state index contributed by atoms with van der Waals surface area (Å²) in [7, 11) is 3.48. The van der Waals surface area contributed by atoms with Gasteiger partial charge in [-0.2, -0.15) is 0 Å². The zero-order valence-electron chi connectivity index (χ0n) is 15.6. The predicted molar refractivity (Wildman–Crippen MR) is 100 cm³/mol. The Morgan fingerprint density at radius 1 is 1.37 bits per heavy atom. The first-order valence-electron chi connectivity index (χ1n) is 9.11. The van der Waals surface area contributed by atoms with Crippen LogP contribution >= 0.6 is 11.6 Å². The van der Waals surface area contributed by atoms with Crippen LogP contribution in [0.2, 0.25) is 5.02 Å². The number of carbonyl (C=O) groups is 2.